The number of benzene rings is 1. The van der Waals surface area contributed by atoms with E-state index in [9.17, 15) is 16.8 Å². The van der Waals surface area contributed by atoms with E-state index in [-0.39, 0.29) is 27.9 Å². The number of sulfonamides is 2. The second kappa shape index (κ2) is 7.28. The molecule has 2 aromatic rings. The summed E-state index contributed by atoms with van der Waals surface area (Å²) >= 11 is 1.16. The Hall–Kier alpha value is -1.46. The van der Waals surface area contributed by atoms with Gasteiger partial charge in [0.25, 0.3) is 10.0 Å². The fourth-order valence-electron chi connectivity index (χ4n) is 2.57. The van der Waals surface area contributed by atoms with Crippen LogP contribution in [0.3, 0.4) is 0 Å². The summed E-state index contributed by atoms with van der Waals surface area (Å²) in [6, 6.07) is 7.62. The van der Waals surface area contributed by atoms with Crippen LogP contribution in [0.4, 0.5) is 5.69 Å². The first kappa shape index (κ1) is 19.3. The number of ether oxygens (including phenoxy) is 1. The van der Waals surface area contributed by atoms with Crippen LogP contribution in [0.1, 0.15) is 10.4 Å². The van der Waals surface area contributed by atoms with E-state index in [1.54, 1.807) is 18.2 Å². The molecular weight excluding hydrogens is 396 g/mol. The maximum Gasteiger partial charge on any atom is 0.271 e. The molecule has 0 radical (unpaired) electrons. The van der Waals surface area contributed by atoms with Crippen molar-refractivity contribution in [2.24, 2.45) is 0 Å². The summed E-state index contributed by atoms with van der Waals surface area (Å²) < 4.78 is 60.3. The molecule has 0 amide bonds. The largest absolute Gasteiger partial charge is 0.379 e. The topological polar surface area (TPSA) is 92.8 Å². The normalized spacial score (nSPS) is 16.5. The molecule has 2 heterocycles. The first-order valence-electron chi connectivity index (χ1n) is 7.98. The quantitative estimate of drug-likeness (QED) is 0.807. The summed E-state index contributed by atoms with van der Waals surface area (Å²) in [6.07, 6.45) is 0. The number of aryl methyl sites for hydroxylation is 2. The van der Waals surface area contributed by atoms with Gasteiger partial charge in [-0.25, -0.2) is 16.8 Å². The van der Waals surface area contributed by atoms with Gasteiger partial charge in [0.2, 0.25) is 10.0 Å². The minimum Gasteiger partial charge on any atom is -0.379 e. The minimum absolute atomic E-state index is 0.0442. The number of hydrogen-bond acceptors (Lipinski definition) is 6. The van der Waals surface area contributed by atoms with Gasteiger partial charge in [0.1, 0.15) is 9.10 Å². The van der Waals surface area contributed by atoms with Gasteiger partial charge in [0, 0.05) is 18.0 Å². The van der Waals surface area contributed by atoms with E-state index in [0.29, 0.717) is 13.2 Å². The molecule has 1 aliphatic rings. The number of rotatable bonds is 5. The van der Waals surface area contributed by atoms with Crippen LogP contribution in [-0.4, -0.2) is 47.4 Å². The Labute approximate surface area is 157 Å². The second-order valence-corrected chi connectivity index (χ2v) is 11.0. The van der Waals surface area contributed by atoms with E-state index in [4.69, 9.17) is 4.74 Å². The number of morpholine rings is 1. The SMILES string of the molecule is Cc1cc(S(=O)(=O)Nc2ccccc2S(=O)(=O)N2CCOCC2)sc1C. The molecule has 10 heteroatoms. The molecule has 0 saturated carbocycles. The van der Waals surface area contributed by atoms with Crippen molar-refractivity contribution >= 4 is 37.1 Å². The first-order valence-corrected chi connectivity index (χ1v) is 11.7. The molecule has 1 saturated heterocycles. The number of para-hydroxylation sites is 1. The Morgan fingerprint density at radius 2 is 1.73 bits per heavy atom. The fourth-order valence-corrected chi connectivity index (χ4v) is 6.79. The lowest BCUT2D eigenvalue weighted by Crippen LogP contribution is -2.40. The van der Waals surface area contributed by atoms with Crippen LogP contribution in [0.2, 0.25) is 0 Å². The molecule has 26 heavy (non-hydrogen) atoms. The standard InChI is InChI=1S/C16H20N2O5S3/c1-12-11-16(24-13(12)2)25(19,20)17-14-5-3-4-6-15(14)26(21,22)18-7-9-23-10-8-18/h3-6,11,17H,7-10H2,1-2H3. The molecule has 0 atom stereocenters. The van der Waals surface area contributed by atoms with Crippen LogP contribution < -0.4 is 4.72 Å². The number of thiophene rings is 1. The Morgan fingerprint density at radius 3 is 2.35 bits per heavy atom. The molecule has 142 valence electrons. The molecule has 3 rings (SSSR count). The van der Waals surface area contributed by atoms with Crippen molar-refractivity contribution in [3.8, 4) is 0 Å². The number of nitrogens with zero attached hydrogens (tertiary/aromatic N) is 1. The van der Waals surface area contributed by atoms with Gasteiger partial charge >= 0.3 is 0 Å². The Bertz CT molecular complexity index is 987. The number of anilines is 1. The Kier molecular flexibility index (Phi) is 5.40. The van der Waals surface area contributed by atoms with Crippen molar-refractivity contribution < 1.29 is 21.6 Å². The van der Waals surface area contributed by atoms with Gasteiger partial charge in [-0.05, 0) is 37.6 Å². The summed E-state index contributed by atoms with van der Waals surface area (Å²) in [5.74, 6) is 0. The molecule has 0 unspecified atom stereocenters. The number of nitrogens with one attached hydrogen (secondary N) is 1. The zero-order valence-corrected chi connectivity index (χ0v) is 16.9. The van der Waals surface area contributed by atoms with Crippen molar-refractivity contribution in [1.29, 1.82) is 0 Å². The minimum atomic E-state index is -3.87. The van der Waals surface area contributed by atoms with E-state index >= 15 is 0 Å². The average molecular weight is 417 g/mol. The maximum absolute atomic E-state index is 12.9. The summed E-state index contributed by atoms with van der Waals surface area (Å²) in [5, 5.41) is 0. The first-order chi connectivity index (χ1) is 12.2. The molecular formula is C16H20N2O5S3. The lowest BCUT2D eigenvalue weighted by Gasteiger charge is -2.27. The van der Waals surface area contributed by atoms with E-state index in [1.807, 2.05) is 13.8 Å². The van der Waals surface area contributed by atoms with Crippen LogP contribution in [0.25, 0.3) is 0 Å². The third-order valence-electron chi connectivity index (χ3n) is 4.13. The van der Waals surface area contributed by atoms with Crippen LogP contribution in [-0.2, 0) is 24.8 Å². The van der Waals surface area contributed by atoms with Crippen molar-refractivity contribution in [2.75, 3.05) is 31.0 Å². The highest BCUT2D eigenvalue weighted by atomic mass is 32.2. The lowest BCUT2D eigenvalue weighted by molar-refractivity contribution is 0.0730. The van der Waals surface area contributed by atoms with Gasteiger partial charge in [-0.2, -0.15) is 4.31 Å². The summed E-state index contributed by atoms with van der Waals surface area (Å²) in [4.78, 5) is 0.843. The fraction of sp³-hybridized carbons (Fsp3) is 0.375. The second-order valence-electron chi connectivity index (χ2n) is 5.92. The summed E-state index contributed by atoms with van der Waals surface area (Å²) in [7, 11) is -7.69. The van der Waals surface area contributed by atoms with E-state index in [1.165, 1.54) is 16.4 Å². The monoisotopic (exact) mass is 416 g/mol. The van der Waals surface area contributed by atoms with Crippen molar-refractivity contribution in [1.82, 2.24) is 4.31 Å². The van der Waals surface area contributed by atoms with Crippen LogP contribution in [0.5, 0.6) is 0 Å². The van der Waals surface area contributed by atoms with Gasteiger partial charge in [-0.3, -0.25) is 4.72 Å². The zero-order valence-electron chi connectivity index (χ0n) is 14.4. The smallest absolute Gasteiger partial charge is 0.271 e. The summed E-state index contributed by atoms with van der Waals surface area (Å²) in [6.45, 7) is 4.80. The van der Waals surface area contributed by atoms with Crippen molar-refractivity contribution in [2.45, 2.75) is 23.0 Å². The molecule has 1 N–H and O–H groups in total. The molecule has 1 aliphatic heterocycles. The molecule has 0 bridgehead atoms. The Morgan fingerprint density at radius 1 is 1.08 bits per heavy atom. The molecule has 1 fully saturated rings. The number of hydrogen-bond donors (Lipinski definition) is 1. The van der Waals surface area contributed by atoms with E-state index < -0.39 is 20.0 Å². The van der Waals surface area contributed by atoms with Crippen molar-refractivity contribution in [3.05, 3.63) is 40.8 Å². The highest BCUT2D eigenvalue weighted by molar-refractivity contribution is 7.95. The highest BCUT2D eigenvalue weighted by Crippen LogP contribution is 2.30. The third kappa shape index (κ3) is 3.79. The van der Waals surface area contributed by atoms with Gasteiger partial charge in [0.05, 0.1) is 18.9 Å². The van der Waals surface area contributed by atoms with Gasteiger partial charge < -0.3 is 4.74 Å². The van der Waals surface area contributed by atoms with Crippen molar-refractivity contribution in [3.63, 3.8) is 0 Å². The Balaban J connectivity index is 1.97. The van der Waals surface area contributed by atoms with Gasteiger partial charge in [0.15, 0.2) is 0 Å². The van der Waals surface area contributed by atoms with Crippen LogP contribution in [0, 0.1) is 13.8 Å². The van der Waals surface area contributed by atoms with Gasteiger partial charge in [-0.1, -0.05) is 12.1 Å². The third-order valence-corrected chi connectivity index (χ3v) is 9.08. The van der Waals surface area contributed by atoms with Crippen LogP contribution >= 0.6 is 11.3 Å². The van der Waals surface area contributed by atoms with E-state index in [0.717, 1.165) is 21.8 Å². The molecule has 0 spiro atoms. The lowest BCUT2D eigenvalue weighted by atomic mass is 10.3. The average Bonchev–Trinajstić information content (AvgIpc) is 2.96. The molecule has 0 aliphatic carbocycles. The molecule has 1 aromatic heterocycles. The predicted octanol–water partition coefficient (Wildman–Crippen LogP) is 2.19. The zero-order chi connectivity index (χ0) is 18.9. The maximum atomic E-state index is 12.9. The van der Waals surface area contributed by atoms with Crippen LogP contribution in [0.15, 0.2) is 39.4 Å². The molecule has 7 nitrogen and oxygen atoms in total. The molecule has 1 aromatic carbocycles. The van der Waals surface area contributed by atoms with E-state index in [2.05, 4.69) is 4.72 Å². The van der Waals surface area contributed by atoms with Gasteiger partial charge in [-0.15, -0.1) is 11.3 Å². The summed E-state index contributed by atoms with van der Waals surface area (Å²) in [5.41, 5.74) is 0.923. The highest BCUT2D eigenvalue weighted by Gasteiger charge is 2.30. The predicted molar refractivity (Wildman–Crippen MR) is 101 cm³/mol.